The van der Waals surface area contributed by atoms with Crippen LogP contribution in [-0.4, -0.2) is 70.0 Å². The highest BCUT2D eigenvalue weighted by atomic mass is 16.4. The van der Waals surface area contributed by atoms with Crippen LogP contribution in [0.25, 0.3) is 11.0 Å². The molecule has 2 aromatic rings. The summed E-state index contributed by atoms with van der Waals surface area (Å²) < 4.78 is 1.67. The fourth-order valence-corrected chi connectivity index (χ4v) is 2.80. The normalized spacial score (nSPS) is 16.0. The molecule has 1 saturated heterocycles. The van der Waals surface area contributed by atoms with Crippen LogP contribution in [-0.2, 0) is 6.54 Å². The number of aromatic nitrogens is 2. The van der Waals surface area contributed by atoms with Crippen LogP contribution in [0.5, 0.6) is 0 Å². The van der Waals surface area contributed by atoms with Crippen molar-refractivity contribution in [2.24, 2.45) is 5.10 Å². The number of rotatable bonds is 4. The lowest BCUT2D eigenvalue weighted by molar-refractivity contribution is 0.0695. The van der Waals surface area contributed by atoms with Gasteiger partial charge in [0.15, 0.2) is 0 Å². The SMILES string of the molecule is CCn1cc(C(=O)O)c(=O)c2ccc(/C=N/N3CCN(C)CC3)nc21. The molecule has 8 nitrogen and oxygen atoms in total. The van der Waals surface area contributed by atoms with Crippen molar-refractivity contribution in [3.8, 4) is 0 Å². The van der Waals surface area contributed by atoms with Crippen LogP contribution in [0.4, 0.5) is 0 Å². The molecular formula is C17H21N5O3. The van der Waals surface area contributed by atoms with E-state index in [0.29, 0.717) is 23.3 Å². The predicted octanol–water partition coefficient (Wildman–Crippen LogP) is 0.696. The highest BCUT2D eigenvalue weighted by Crippen LogP contribution is 2.11. The van der Waals surface area contributed by atoms with Gasteiger partial charge in [0.1, 0.15) is 11.2 Å². The second kappa shape index (κ2) is 7.02. The van der Waals surface area contributed by atoms with Gasteiger partial charge in [0, 0.05) is 38.9 Å². The zero-order valence-corrected chi connectivity index (χ0v) is 14.3. The Morgan fingerprint density at radius 3 is 2.68 bits per heavy atom. The molecule has 25 heavy (non-hydrogen) atoms. The molecule has 0 saturated carbocycles. The third-order valence-corrected chi connectivity index (χ3v) is 4.35. The van der Waals surface area contributed by atoms with Gasteiger partial charge in [0.05, 0.1) is 17.3 Å². The Hall–Kier alpha value is -2.74. The Morgan fingerprint density at radius 2 is 2.04 bits per heavy atom. The molecule has 0 amide bonds. The zero-order chi connectivity index (χ0) is 18.0. The molecule has 0 atom stereocenters. The molecule has 0 unspecified atom stereocenters. The highest BCUT2D eigenvalue weighted by Gasteiger charge is 2.15. The molecule has 2 aromatic heterocycles. The molecule has 3 heterocycles. The number of likely N-dealkylation sites (N-methyl/N-ethyl adjacent to an activating group) is 1. The van der Waals surface area contributed by atoms with Crippen molar-refractivity contribution in [2.45, 2.75) is 13.5 Å². The Balaban J connectivity index is 1.95. The molecule has 1 aliphatic heterocycles. The van der Waals surface area contributed by atoms with Crippen molar-refractivity contribution < 1.29 is 9.90 Å². The number of hydrazone groups is 1. The van der Waals surface area contributed by atoms with Gasteiger partial charge < -0.3 is 14.6 Å². The summed E-state index contributed by atoms with van der Waals surface area (Å²) in [6.07, 6.45) is 3.03. The number of aryl methyl sites for hydroxylation is 1. The first-order chi connectivity index (χ1) is 12.0. The summed E-state index contributed by atoms with van der Waals surface area (Å²) in [5, 5.41) is 15.9. The number of piperazine rings is 1. The van der Waals surface area contributed by atoms with Crippen molar-refractivity contribution in [2.75, 3.05) is 33.2 Å². The Kier molecular flexibility index (Phi) is 4.80. The fraction of sp³-hybridized carbons (Fsp3) is 0.412. The first-order valence-electron chi connectivity index (χ1n) is 8.24. The van der Waals surface area contributed by atoms with Gasteiger partial charge in [-0.2, -0.15) is 5.10 Å². The van der Waals surface area contributed by atoms with Crippen LogP contribution in [0.1, 0.15) is 23.0 Å². The van der Waals surface area contributed by atoms with E-state index in [2.05, 4.69) is 22.0 Å². The maximum atomic E-state index is 12.3. The van der Waals surface area contributed by atoms with E-state index in [9.17, 15) is 14.7 Å². The number of carboxylic acid groups (broad SMARTS) is 1. The summed E-state index contributed by atoms with van der Waals surface area (Å²) in [4.78, 5) is 30.3. The van der Waals surface area contributed by atoms with Crippen LogP contribution in [0, 0.1) is 0 Å². The minimum absolute atomic E-state index is 0.241. The molecule has 132 valence electrons. The molecule has 0 aliphatic carbocycles. The number of hydrogen-bond acceptors (Lipinski definition) is 6. The molecule has 0 radical (unpaired) electrons. The van der Waals surface area contributed by atoms with Gasteiger partial charge in [-0.05, 0) is 26.1 Å². The number of carbonyl (C=O) groups is 1. The molecule has 0 spiro atoms. The van der Waals surface area contributed by atoms with E-state index in [1.54, 1.807) is 22.9 Å². The van der Waals surface area contributed by atoms with E-state index >= 15 is 0 Å². The summed E-state index contributed by atoms with van der Waals surface area (Å²) in [5.74, 6) is -1.23. The minimum Gasteiger partial charge on any atom is -0.477 e. The number of pyridine rings is 2. The summed E-state index contributed by atoms with van der Waals surface area (Å²) >= 11 is 0. The molecule has 0 aromatic carbocycles. The van der Waals surface area contributed by atoms with Crippen LogP contribution < -0.4 is 5.43 Å². The minimum atomic E-state index is -1.23. The smallest absolute Gasteiger partial charge is 0.341 e. The maximum Gasteiger partial charge on any atom is 0.341 e. The molecular weight excluding hydrogens is 322 g/mol. The van der Waals surface area contributed by atoms with Gasteiger partial charge in [-0.1, -0.05) is 0 Å². The second-order valence-electron chi connectivity index (χ2n) is 6.07. The molecule has 1 fully saturated rings. The van der Waals surface area contributed by atoms with Crippen molar-refractivity contribution in [3.05, 3.63) is 39.8 Å². The van der Waals surface area contributed by atoms with E-state index in [0.717, 1.165) is 26.2 Å². The number of nitrogens with zero attached hydrogens (tertiary/aromatic N) is 5. The van der Waals surface area contributed by atoms with E-state index < -0.39 is 11.4 Å². The Bertz CT molecular complexity index is 882. The zero-order valence-electron chi connectivity index (χ0n) is 14.3. The number of carboxylic acids is 1. The largest absolute Gasteiger partial charge is 0.477 e. The van der Waals surface area contributed by atoms with Gasteiger partial charge in [-0.3, -0.25) is 9.80 Å². The Morgan fingerprint density at radius 1 is 1.32 bits per heavy atom. The molecule has 3 rings (SSSR count). The van der Waals surface area contributed by atoms with Crippen LogP contribution in [0.15, 0.2) is 28.2 Å². The van der Waals surface area contributed by atoms with Gasteiger partial charge in [0.25, 0.3) is 0 Å². The van der Waals surface area contributed by atoms with Crippen molar-refractivity contribution in [1.82, 2.24) is 19.5 Å². The fourth-order valence-electron chi connectivity index (χ4n) is 2.80. The summed E-state index contributed by atoms with van der Waals surface area (Å²) in [7, 11) is 2.08. The van der Waals surface area contributed by atoms with Crippen LogP contribution in [0.2, 0.25) is 0 Å². The van der Waals surface area contributed by atoms with Gasteiger partial charge in [-0.15, -0.1) is 0 Å². The number of hydrogen-bond donors (Lipinski definition) is 1. The lowest BCUT2D eigenvalue weighted by Crippen LogP contribution is -2.41. The van der Waals surface area contributed by atoms with Crippen LogP contribution >= 0.6 is 0 Å². The average molecular weight is 343 g/mol. The van der Waals surface area contributed by atoms with Gasteiger partial charge >= 0.3 is 5.97 Å². The third kappa shape index (κ3) is 3.53. The van der Waals surface area contributed by atoms with Gasteiger partial charge in [0.2, 0.25) is 5.43 Å². The van der Waals surface area contributed by atoms with E-state index in [1.807, 2.05) is 11.9 Å². The highest BCUT2D eigenvalue weighted by molar-refractivity contribution is 5.92. The van der Waals surface area contributed by atoms with E-state index in [1.165, 1.54) is 6.20 Å². The molecule has 1 aliphatic rings. The predicted molar refractivity (Wildman–Crippen MR) is 95.3 cm³/mol. The lowest BCUT2D eigenvalue weighted by atomic mass is 10.2. The summed E-state index contributed by atoms with van der Waals surface area (Å²) in [6, 6.07) is 3.31. The standard InChI is InChI=1S/C17H21N5O3/c1-3-21-11-14(17(24)25)15(23)13-5-4-12(19-16(13)21)10-18-22-8-6-20(2)7-9-22/h4-5,10-11H,3,6-9H2,1-2H3,(H,24,25)/b18-10+. The summed E-state index contributed by atoms with van der Waals surface area (Å²) in [5.41, 5.74) is 0.355. The first kappa shape index (κ1) is 17.1. The quantitative estimate of drug-likeness (QED) is 0.822. The first-order valence-corrected chi connectivity index (χ1v) is 8.24. The molecule has 1 N–H and O–H groups in total. The van der Waals surface area contributed by atoms with E-state index in [-0.39, 0.29) is 5.56 Å². The third-order valence-electron chi connectivity index (χ3n) is 4.35. The van der Waals surface area contributed by atoms with E-state index in [4.69, 9.17) is 0 Å². The van der Waals surface area contributed by atoms with Crippen LogP contribution in [0.3, 0.4) is 0 Å². The lowest BCUT2D eigenvalue weighted by Gasteiger charge is -2.30. The van der Waals surface area contributed by atoms with Crippen molar-refractivity contribution in [1.29, 1.82) is 0 Å². The Labute approximate surface area is 145 Å². The monoisotopic (exact) mass is 343 g/mol. The summed E-state index contributed by atoms with van der Waals surface area (Å²) in [6.45, 7) is 6.06. The maximum absolute atomic E-state index is 12.3. The topological polar surface area (TPSA) is 91.0 Å². The van der Waals surface area contributed by atoms with Gasteiger partial charge in [-0.25, -0.2) is 9.78 Å². The number of aromatic carboxylic acids is 1. The van der Waals surface area contributed by atoms with Crippen molar-refractivity contribution in [3.63, 3.8) is 0 Å². The number of fused-ring (bicyclic) bond motifs is 1. The molecule has 8 heteroatoms. The average Bonchev–Trinajstić information content (AvgIpc) is 2.61. The molecule has 0 bridgehead atoms. The van der Waals surface area contributed by atoms with Crippen molar-refractivity contribution >= 4 is 23.2 Å². The second-order valence-corrected chi connectivity index (χ2v) is 6.07.